The average molecular weight is 492 g/mol. The first-order valence-electron chi connectivity index (χ1n) is 11.4. The summed E-state index contributed by atoms with van der Waals surface area (Å²) in [6.07, 6.45) is 1.55. The van der Waals surface area contributed by atoms with Crippen LogP contribution in [-0.4, -0.2) is 61.5 Å². The van der Waals surface area contributed by atoms with Crippen LogP contribution in [0.1, 0.15) is 11.1 Å². The van der Waals surface area contributed by atoms with Crippen molar-refractivity contribution in [1.82, 2.24) is 15.2 Å². The molecule has 0 spiro atoms. The van der Waals surface area contributed by atoms with E-state index in [1.54, 1.807) is 19.4 Å². The molecule has 1 fully saturated rings. The fourth-order valence-electron chi connectivity index (χ4n) is 3.90. The van der Waals surface area contributed by atoms with Gasteiger partial charge < -0.3 is 31.2 Å². The molecule has 0 amide bonds. The van der Waals surface area contributed by atoms with Gasteiger partial charge in [-0.15, -0.1) is 0 Å². The Balaban J connectivity index is 1.54. The molecule has 0 bridgehead atoms. The number of nitriles is 1. The number of ether oxygens (including phenoxy) is 2. The number of morpholine rings is 1. The van der Waals surface area contributed by atoms with Crippen LogP contribution < -0.4 is 26.4 Å². The summed E-state index contributed by atoms with van der Waals surface area (Å²) in [6, 6.07) is 11.6. The topological polar surface area (TPSA) is 120 Å². The van der Waals surface area contributed by atoms with Crippen molar-refractivity contribution in [1.29, 1.82) is 5.26 Å². The zero-order valence-corrected chi connectivity index (χ0v) is 20.7. The lowest BCUT2D eigenvalue weighted by Gasteiger charge is -2.26. The SMILES string of the molecule is COc1ccc(C)c(Nc2c(C#N)cnc3cc(NC(=S)NCCN4CCOCC4)c(N)cc23)c1. The normalized spacial score (nSPS) is 13.7. The van der Waals surface area contributed by atoms with Crippen molar-refractivity contribution in [3.63, 3.8) is 0 Å². The molecular formula is C25H29N7O2S. The van der Waals surface area contributed by atoms with E-state index in [1.165, 1.54) is 0 Å². The van der Waals surface area contributed by atoms with Gasteiger partial charge in [0.05, 0.1) is 48.5 Å². The van der Waals surface area contributed by atoms with E-state index >= 15 is 0 Å². The number of aromatic nitrogens is 1. The fourth-order valence-corrected chi connectivity index (χ4v) is 4.11. The largest absolute Gasteiger partial charge is 0.497 e. The van der Waals surface area contributed by atoms with Gasteiger partial charge in [-0.25, -0.2) is 0 Å². The minimum absolute atomic E-state index is 0.417. The molecule has 0 aliphatic carbocycles. The van der Waals surface area contributed by atoms with Crippen LogP contribution in [0.15, 0.2) is 36.5 Å². The third-order valence-corrected chi connectivity index (χ3v) is 6.18. The first-order chi connectivity index (χ1) is 17.0. The summed E-state index contributed by atoms with van der Waals surface area (Å²) in [5, 5.41) is 20.7. The molecule has 2 aromatic carbocycles. The van der Waals surface area contributed by atoms with Gasteiger partial charge in [0.25, 0.3) is 0 Å². The van der Waals surface area contributed by atoms with E-state index in [0.717, 1.165) is 61.8 Å². The lowest BCUT2D eigenvalue weighted by Crippen LogP contribution is -2.42. The summed E-state index contributed by atoms with van der Waals surface area (Å²) in [5.41, 5.74) is 11.1. The summed E-state index contributed by atoms with van der Waals surface area (Å²) < 4.78 is 10.7. The third-order valence-electron chi connectivity index (χ3n) is 5.93. The number of aryl methyl sites for hydroxylation is 1. The minimum Gasteiger partial charge on any atom is -0.497 e. The van der Waals surface area contributed by atoms with Gasteiger partial charge in [0.15, 0.2) is 5.11 Å². The quantitative estimate of drug-likeness (QED) is 0.289. The lowest BCUT2D eigenvalue weighted by atomic mass is 10.1. The molecule has 4 rings (SSSR count). The molecule has 5 N–H and O–H groups in total. The van der Waals surface area contributed by atoms with Crippen molar-refractivity contribution >= 4 is 51.0 Å². The number of fused-ring (bicyclic) bond motifs is 1. The molecular weight excluding hydrogens is 462 g/mol. The number of anilines is 4. The van der Waals surface area contributed by atoms with Gasteiger partial charge in [0.2, 0.25) is 0 Å². The van der Waals surface area contributed by atoms with Gasteiger partial charge in [-0.3, -0.25) is 9.88 Å². The molecule has 1 aromatic heterocycles. The number of hydrogen-bond donors (Lipinski definition) is 4. The van der Waals surface area contributed by atoms with E-state index in [9.17, 15) is 5.26 Å². The maximum Gasteiger partial charge on any atom is 0.170 e. The van der Waals surface area contributed by atoms with Crippen molar-refractivity contribution in [3.05, 3.63) is 47.7 Å². The van der Waals surface area contributed by atoms with Crippen molar-refractivity contribution in [2.75, 3.05) is 62.9 Å². The monoisotopic (exact) mass is 491 g/mol. The maximum atomic E-state index is 9.71. The van der Waals surface area contributed by atoms with E-state index in [2.05, 4.69) is 31.9 Å². The Morgan fingerprint density at radius 3 is 2.80 bits per heavy atom. The number of nitrogens with two attached hydrogens (primary N) is 1. The highest BCUT2D eigenvalue weighted by molar-refractivity contribution is 7.80. The highest BCUT2D eigenvalue weighted by Gasteiger charge is 2.15. The summed E-state index contributed by atoms with van der Waals surface area (Å²) in [4.78, 5) is 6.81. The minimum atomic E-state index is 0.417. The molecule has 3 aromatic rings. The number of rotatable bonds is 7. The molecule has 2 heterocycles. The summed E-state index contributed by atoms with van der Waals surface area (Å²) in [6.45, 7) is 6.99. The fraction of sp³-hybridized carbons (Fsp3) is 0.320. The molecule has 35 heavy (non-hydrogen) atoms. The molecule has 182 valence electrons. The third kappa shape index (κ3) is 5.89. The molecule has 0 atom stereocenters. The number of nitrogens with zero attached hydrogens (tertiary/aromatic N) is 3. The zero-order valence-electron chi connectivity index (χ0n) is 19.9. The molecule has 0 saturated carbocycles. The second kappa shape index (κ2) is 11.2. The maximum absolute atomic E-state index is 9.71. The van der Waals surface area contributed by atoms with Crippen molar-refractivity contribution in [2.24, 2.45) is 0 Å². The summed E-state index contributed by atoms with van der Waals surface area (Å²) in [7, 11) is 1.62. The highest BCUT2D eigenvalue weighted by atomic mass is 32.1. The number of nitrogen functional groups attached to an aromatic ring is 1. The Morgan fingerprint density at radius 2 is 2.06 bits per heavy atom. The van der Waals surface area contributed by atoms with Gasteiger partial charge in [-0.2, -0.15) is 5.26 Å². The highest BCUT2D eigenvalue weighted by Crippen LogP contribution is 2.35. The van der Waals surface area contributed by atoms with Crippen molar-refractivity contribution in [3.8, 4) is 11.8 Å². The van der Waals surface area contributed by atoms with Crippen LogP contribution in [0.25, 0.3) is 10.9 Å². The Kier molecular flexibility index (Phi) is 7.82. The van der Waals surface area contributed by atoms with E-state index in [1.807, 2.05) is 31.2 Å². The first-order valence-corrected chi connectivity index (χ1v) is 11.8. The van der Waals surface area contributed by atoms with Crippen molar-refractivity contribution < 1.29 is 9.47 Å². The van der Waals surface area contributed by atoms with Gasteiger partial charge in [-0.1, -0.05) is 6.07 Å². The number of benzene rings is 2. The Hall–Kier alpha value is -3.65. The second-order valence-electron chi connectivity index (χ2n) is 8.26. The lowest BCUT2D eigenvalue weighted by molar-refractivity contribution is 0.0389. The number of methoxy groups -OCH3 is 1. The summed E-state index contributed by atoms with van der Waals surface area (Å²) in [5.74, 6) is 0.718. The predicted octanol–water partition coefficient (Wildman–Crippen LogP) is 3.37. The van der Waals surface area contributed by atoms with Crippen LogP contribution >= 0.6 is 12.2 Å². The number of hydrogen-bond acceptors (Lipinski definition) is 8. The van der Waals surface area contributed by atoms with E-state index in [-0.39, 0.29) is 0 Å². The molecule has 1 saturated heterocycles. The summed E-state index contributed by atoms with van der Waals surface area (Å²) >= 11 is 5.47. The molecule has 0 unspecified atom stereocenters. The molecule has 9 nitrogen and oxygen atoms in total. The van der Waals surface area contributed by atoms with E-state index < -0.39 is 0 Å². The van der Waals surface area contributed by atoms with Crippen LogP contribution in [0.3, 0.4) is 0 Å². The van der Waals surface area contributed by atoms with Crippen molar-refractivity contribution in [2.45, 2.75) is 6.92 Å². The molecule has 1 aliphatic heterocycles. The van der Waals surface area contributed by atoms with Gasteiger partial charge in [-0.05, 0) is 42.9 Å². The number of pyridine rings is 1. The van der Waals surface area contributed by atoms with E-state index in [0.29, 0.717) is 33.3 Å². The molecule has 0 radical (unpaired) electrons. The Labute approximate surface area is 210 Å². The molecule has 1 aliphatic rings. The van der Waals surface area contributed by atoms with Crippen LogP contribution in [0, 0.1) is 18.3 Å². The van der Waals surface area contributed by atoms with Gasteiger partial charge in [0.1, 0.15) is 11.8 Å². The smallest absolute Gasteiger partial charge is 0.170 e. The second-order valence-corrected chi connectivity index (χ2v) is 8.66. The number of thiocarbonyl (C=S) groups is 1. The molecule has 10 heteroatoms. The average Bonchev–Trinajstić information content (AvgIpc) is 2.87. The van der Waals surface area contributed by atoms with Crippen LogP contribution in [0.4, 0.5) is 22.7 Å². The van der Waals surface area contributed by atoms with Crippen LogP contribution in [-0.2, 0) is 4.74 Å². The Morgan fingerprint density at radius 1 is 1.26 bits per heavy atom. The number of nitrogens with one attached hydrogen (secondary N) is 3. The van der Waals surface area contributed by atoms with Gasteiger partial charge in [0, 0.05) is 49.5 Å². The predicted molar refractivity (Wildman–Crippen MR) is 143 cm³/mol. The standard InChI is InChI=1S/C25H29N7O2S/c1-16-3-4-18(33-2)11-21(16)30-24-17(14-26)15-29-22-13-23(20(27)12-19(22)24)31-25(35)28-5-6-32-7-9-34-10-8-32/h3-4,11-13,15H,5-10,27H2,1-2H3,(H,29,30)(H2,28,31,35). The van der Waals surface area contributed by atoms with Gasteiger partial charge >= 0.3 is 0 Å². The zero-order chi connectivity index (χ0) is 24.8. The first kappa shape index (κ1) is 24.5. The Bertz CT molecular complexity index is 1270. The van der Waals surface area contributed by atoms with Crippen LogP contribution in [0.5, 0.6) is 5.75 Å². The van der Waals surface area contributed by atoms with Crippen LogP contribution in [0.2, 0.25) is 0 Å². The van der Waals surface area contributed by atoms with E-state index in [4.69, 9.17) is 27.4 Å².